The van der Waals surface area contributed by atoms with Crippen LogP contribution in [-0.2, 0) is 11.2 Å². The minimum atomic E-state index is 0.132. The number of amides is 1. The maximum Gasteiger partial charge on any atom is 0.227 e. The third-order valence-electron chi connectivity index (χ3n) is 4.95. The Hall–Kier alpha value is -2.67. The summed E-state index contributed by atoms with van der Waals surface area (Å²) in [7, 11) is 0. The van der Waals surface area contributed by atoms with Gasteiger partial charge in [0.2, 0.25) is 5.91 Å². The fourth-order valence-electron chi connectivity index (χ4n) is 3.27. The molecular formula is C19H21ClN6O. The summed E-state index contributed by atoms with van der Waals surface area (Å²) in [4.78, 5) is 16.7. The van der Waals surface area contributed by atoms with Gasteiger partial charge in [-0.05, 0) is 43.2 Å². The number of hydrogen-bond acceptors (Lipinski definition) is 5. The molecule has 0 N–H and O–H groups in total. The van der Waals surface area contributed by atoms with Crippen LogP contribution in [0.2, 0.25) is 5.02 Å². The summed E-state index contributed by atoms with van der Waals surface area (Å²) in [5.41, 5.74) is 2.71. The first kappa shape index (κ1) is 17.7. The maximum absolute atomic E-state index is 12.6. The van der Waals surface area contributed by atoms with Crippen LogP contribution in [0.4, 0.5) is 5.82 Å². The van der Waals surface area contributed by atoms with Crippen LogP contribution in [0.15, 0.2) is 30.3 Å². The van der Waals surface area contributed by atoms with Gasteiger partial charge in [-0.15, -0.1) is 15.3 Å². The standard InChI is InChI=1S/C19H21ClN6O/c1-13-3-4-15(11-16(13)20)12-19(27)25-9-7-24(8-10-25)18-6-5-17-22-21-14(2)26(17)23-18/h3-6,11H,7-10,12H2,1-2H3. The Morgan fingerprint density at radius 3 is 2.59 bits per heavy atom. The highest BCUT2D eigenvalue weighted by molar-refractivity contribution is 6.31. The molecule has 7 nitrogen and oxygen atoms in total. The summed E-state index contributed by atoms with van der Waals surface area (Å²) in [6.07, 6.45) is 0.379. The van der Waals surface area contributed by atoms with Crippen molar-refractivity contribution >= 4 is 29.0 Å². The summed E-state index contributed by atoms with van der Waals surface area (Å²) < 4.78 is 1.74. The molecule has 0 radical (unpaired) electrons. The number of aromatic nitrogens is 4. The first-order valence-electron chi connectivity index (χ1n) is 8.98. The molecule has 0 atom stereocenters. The number of rotatable bonds is 3. The number of fused-ring (bicyclic) bond motifs is 1. The fourth-order valence-corrected chi connectivity index (χ4v) is 3.48. The van der Waals surface area contributed by atoms with Gasteiger partial charge in [-0.25, -0.2) is 0 Å². The molecule has 1 aromatic carbocycles. The predicted molar refractivity (Wildman–Crippen MR) is 104 cm³/mol. The zero-order valence-corrected chi connectivity index (χ0v) is 16.1. The zero-order chi connectivity index (χ0) is 19.0. The molecule has 0 saturated carbocycles. The molecular weight excluding hydrogens is 364 g/mol. The second-order valence-corrected chi connectivity index (χ2v) is 7.24. The second kappa shape index (κ2) is 7.15. The molecule has 4 rings (SSSR count). The number of halogens is 1. The smallest absolute Gasteiger partial charge is 0.227 e. The number of aryl methyl sites for hydroxylation is 2. The summed E-state index contributed by atoms with van der Waals surface area (Å²) in [6, 6.07) is 9.68. The van der Waals surface area contributed by atoms with Crippen molar-refractivity contribution < 1.29 is 4.79 Å². The highest BCUT2D eigenvalue weighted by atomic mass is 35.5. The van der Waals surface area contributed by atoms with Crippen LogP contribution < -0.4 is 4.90 Å². The van der Waals surface area contributed by atoms with E-state index in [9.17, 15) is 4.79 Å². The molecule has 1 aliphatic heterocycles. The van der Waals surface area contributed by atoms with Gasteiger partial charge in [0.05, 0.1) is 6.42 Å². The number of carbonyl (C=O) groups excluding carboxylic acids is 1. The lowest BCUT2D eigenvalue weighted by atomic mass is 10.1. The van der Waals surface area contributed by atoms with Gasteiger partial charge in [-0.3, -0.25) is 4.79 Å². The van der Waals surface area contributed by atoms with Gasteiger partial charge in [0.1, 0.15) is 5.82 Å². The highest BCUT2D eigenvalue weighted by Crippen LogP contribution is 2.19. The van der Waals surface area contributed by atoms with Gasteiger partial charge < -0.3 is 9.80 Å². The van der Waals surface area contributed by atoms with Crippen LogP contribution in [0.1, 0.15) is 17.0 Å². The maximum atomic E-state index is 12.6. The lowest BCUT2D eigenvalue weighted by Crippen LogP contribution is -2.49. The Morgan fingerprint density at radius 2 is 1.85 bits per heavy atom. The Balaban J connectivity index is 1.39. The predicted octanol–water partition coefficient (Wildman–Crippen LogP) is 2.29. The summed E-state index contributed by atoms with van der Waals surface area (Å²) >= 11 is 6.16. The number of carbonyl (C=O) groups is 1. The Kier molecular flexibility index (Phi) is 4.70. The largest absolute Gasteiger partial charge is 0.352 e. The van der Waals surface area contributed by atoms with Crippen LogP contribution in [-0.4, -0.2) is 56.8 Å². The van der Waals surface area contributed by atoms with E-state index < -0.39 is 0 Å². The van der Waals surface area contributed by atoms with E-state index in [0.29, 0.717) is 24.5 Å². The van der Waals surface area contributed by atoms with Crippen molar-refractivity contribution in [1.29, 1.82) is 0 Å². The molecule has 1 amide bonds. The van der Waals surface area contributed by atoms with Crippen LogP contribution >= 0.6 is 11.6 Å². The van der Waals surface area contributed by atoms with Crippen molar-refractivity contribution in [2.45, 2.75) is 20.3 Å². The van der Waals surface area contributed by atoms with E-state index in [0.717, 1.165) is 41.5 Å². The zero-order valence-electron chi connectivity index (χ0n) is 15.4. The molecule has 0 spiro atoms. The fraction of sp³-hybridized carbons (Fsp3) is 0.368. The average molecular weight is 385 g/mol. The lowest BCUT2D eigenvalue weighted by molar-refractivity contribution is -0.130. The molecule has 2 aromatic heterocycles. The van der Waals surface area contributed by atoms with Crippen molar-refractivity contribution in [3.8, 4) is 0 Å². The summed E-state index contributed by atoms with van der Waals surface area (Å²) in [6.45, 7) is 6.70. The molecule has 0 bridgehead atoms. The molecule has 140 valence electrons. The molecule has 3 aromatic rings. The van der Waals surface area contributed by atoms with E-state index in [1.165, 1.54) is 0 Å². The minimum absolute atomic E-state index is 0.132. The monoisotopic (exact) mass is 384 g/mol. The molecule has 8 heteroatoms. The summed E-state index contributed by atoms with van der Waals surface area (Å²) in [5.74, 6) is 1.77. The number of benzene rings is 1. The molecule has 3 heterocycles. The molecule has 27 heavy (non-hydrogen) atoms. The van der Waals surface area contributed by atoms with E-state index in [2.05, 4.69) is 20.2 Å². The Labute approximate surface area is 162 Å². The second-order valence-electron chi connectivity index (χ2n) is 6.84. The van der Waals surface area contributed by atoms with Gasteiger partial charge in [0, 0.05) is 31.2 Å². The highest BCUT2D eigenvalue weighted by Gasteiger charge is 2.22. The van der Waals surface area contributed by atoms with Gasteiger partial charge in [0.25, 0.3) is 0 Å². The van der Waals surface area contributed by atoms with E-state index in [4.69, 9.17) is 11.6 Å². The van der Waals surface area contributed by atoms with Gasteiger partial charge >= 0.3 is 0 Å². The van der Waals surface area contributed by atoms with Crippen LogP contribution in [0, 0.1) is 13.8 Å². The molecule has 0 unspecified atom stereocenters. The van der Waals surface area contributed by atoms with Crippen molar-refractivity contribution in [3.05, 3.63) is 52.3 Å². The first-order valence-corrected chi connectivity index (χ1v) is 9.36. The van der Waals surface area contributed by atoms with E-state index in [-0.39, 0.29) is 5.91 Å². The molecule has 1 saturated heterocycles. The quantitative estimate of drug-likeness (QED) is 0.693. The summed E-state index contributed by atoms with van der Waals surface area (Å²) in [5, 5.41) is 13.4. The van der Waals surface area contributed by atoms with Gasteiger partial charge in [-0.2, -0.15) is 4.52 Å². The average Bonchev–Trinajstić information content (AvgIpc) is 3.05. The van der Waals surface area contributed by atoms with Crippen molar-refractivity contribution in [2.75, 3.05) is 31.1 Å². The van der Waals surface area contributed by atoms with E-state index in [1.807, 2.05) is 49.1 Å². The van der Waals surface area contributed by atoms with Crippen LogP contribution in [0.3, 0.4) is 0 Å². The minimum Gasteiger partial charge on any atom is -0.352 e. The normalized spacial score (nSPS) is 14.8. The van der Waals surface area contributed by atoms with Crippen LogP contribution in [0.25, 0.3) is 5.65 Å². The van der Waals surface area contributed by atoms with E-state index >= 15 is 0 Å². The Morgan fingerprint density at radius 1 is 1.07 bits per heavy atom. The topological polar surface area (TPSA) is 66.6 Å². The van der Waals surface area contributed by atoms with Crippen molar-refractivity contribution in [2.24, 2.45) is 0 Å². The third-order valence-corrected chi connectivity index (χ3v) is 5.36. The van der Waals surface area contributed by atoms with Gasteiger partial charge in [0.15, 0.2) is 11.5 Å². The molecule has 1 fully saturated rings. The third kappa shape index (κ3) is 3.60. The number of nitrogens with zero attached hydrogens (tertiary/aromatic N) is 6. The van der Waals surface area contributed by atoms with Crippen LogP contribution in [0.5, 0.6) is 0 Å². The van der Waals surface area contributed by atoms with Gasteiger partial charge in [-0.1, -0.05) is 23.7 Å². The van der Waals surface area contributed by atoms with E-state index in [1.54, 1.807) is 4.52 Å². The SMILES string of the molecule is Cc1ccc(CC(=O)N2CCN(c3ccc4nnc(C)n4n3)CC2)cc1Cl. The molecule has 1 aliphatic rings. The molecule has 0 aliphatic carbocycles. The Bertz CT molecular complexity index is 993. The van der Waals surface area contributed by atoms with Crippen molar-refractivity contribution in [1.82, 2.24) is 24.7 Å². The number of hydrogen-bond donors (Lipinski definition) is 0. The number of piperazine rings is 1. The lowest BCUT2D eigenvalue weighted by Gasteiger charge is -2.35. The number of anilines is 1. The first-order chi connectivity index (χ1) is 13.0. The van der Waals surface area contributed by atoms with Crippen molar-refractivity contribution in [3.63, 3.8) is 0 Å².